The van der Waals surface area contributed by atoms with Crippen molar-refractivity contribution in [2.75, 3.05) is 6.61 Å². The number of rotatable bonds is 4. The number of carbonyl (C=O) groups excluding carboxylic acids is 1. The van der Waals surface area contributed by atoms with Crippen molar-refractivity contribution in [2.45, 2.75) is 13.0 Å². The largest absolute Gasteiger partial charge is 0.460 e. The molecule has 0 aliphatic carbocycles. The van der Waals surface area contributed by atoms with Crippen molar-refractivity contribution < 1.29 is 18.3 Å². The summed E-state index contributed by atoms with van der Waals surface area (Å²) in [6.45, 7) is 1.31. The third-order valence-corrected chi connectivity index (χ3v) is 2.33. The lowest BCUT2D eigenvalue weighted by Gasteiger charge is -2.12. The standard InChI is InChI=1S/C12H11F2N3O2/c1-2-19-11(18)12(13,14)17-15-8-10(16-17)9-6-4-3-5-7-9/h3-8H,2H2,1H3. The van der Waals surface area contributed by atoms with Gasteiger partial charge in [-0.05, 0) is 6.92 Å². The van der Waals surface area contributed by atoms with Gasteiger partial charge in [-0.2, -0.15) is 13.9 Å². The van der Waals surface area contributed by atoms with Crippen LogP contribution in [-0.2, 0) is 15.6 Å². The number of hydrogen-bond acceptors (Lipinski definition) is 4. The van der Waals surface area contributed by atoms with Crippen molar-refractivity contribution in [3.63, 3.8) is 0 Å². The van der Waals surface area contributed by atoms with Crippen molar-refractivity contribution in [3.8, 4) is 11.3 Å². The zero-order valence-electron chi connectivity index (χ0n) is 10.1. The van der Waals surface area contributed by atoms with Crippen LogP contribution in [0.15, 0.2) is 36.5 Å². The van der Waals surface area contributed by atoms with Gasteiger partial charge < -0.3 is 4.74 Å². The lowest BCUT2D eigenvalue weighted by molar-refractivity contribution is -0.192. The van der Waals surface area contributed by atoms with Gasteiger partial charge in [-0.3, -0.25) is 0 Å². The second-order valence-corrected chi connectivity index (χ2v) is 3.65. The highest BCUT2D eigenvalue weighted by Crippen LogP contribution is 2.23. The number of benzene rings is 1. The number of aromatic nitrogens is 3. The maximum Gasteiger partial charge on any atom is 0.457 e. The lowest BCUT2D eigenvalue weighted by Crippen LogP contribution is -2.36. The number of carbonyl (C=O) groups is 1. The molecule has 1 aromatic carbocycles. The first-order chi connectivity index (χ1) is 9.05. The van der Waals surface area contributed by atoms with E-state index in [-0.39, 0.29) is 17.1 Å². The highest BCUT2D eigenvalue weighted by atomic mass is 19.3. The molecule has 0 saturated carbocycles. The van der Waals surface area contributed by atoms with Gasteiger partial charge in [-0.25, -0.2) is 4.79 Å². The molecule has 19 heavy (non-hydrogen) atoms. The Labute approximate surface area is 107 Å². The molecule has 5 nitrogen and oxygen atoms in total. The summed E-state index contributed by atoms with van der Waals surface area (Å²) in [7, 11) is 0. The fourth-order valence-electron chi connectivity index (χ4n) is 1.44. The van der Waals surface area contributed by atoms with Crippen LogP contribution in [0.2, 0.25) is 0 Å². The third-order valence-electron chi connectivity index (χ3n) is 2.33. The maximum absolute atomic E-state index is 13.6. The lowest BCUT2D eigenvalue weighted by atomic mass is 10.2. The normalized spacial score (nSPS) is 11.3. The molecule has 100 valence electrons. The van der Waals surface area contributed by atoms with Gasteiger partial charge >= 0.3 is 12.0 Å². The van der Waals surface area contributed by atoms with Gasteiger partial charge in [0.2, 0.25) is 0 Å². The van der Waals surface area contributed by atoms with Gasteiger partial charge in [0, 0.05) is 5.56 Å². The Morgan fingerprint density at radius 2 is 2.05 bits per heavy atom. The molecule has 0 unspecified atom stereocenters. The van der Waals surface area contributed by atoms with Crippen molar-refractivity contribution in [2.24, 2.45) is 0 Å². The molecule has 1 heterocycles. The SMILES string of the molecule is CCOC(=O)C(F)(F)n1ncc(-c2ccccc2)n1. The molecule has 0 spiro atoms. The number of nitrogens with zero attached hydrogens (tertiary/aromatic N) is 3. The molecule has 0 fully saturated rings. The molecule has 2 aromatic rings. The van der Waals surface area contributed by atoms with E-state index in [2.05, 4.69) is 14.9 Å². The summed E-state index contributed by atoms with van der Waals surface area (Å²) in [6, 6.07) is 4.79. The molecule has 0 saturated heterocycles. The van der Waals surface area contributed by atoms with Gasteiger partial charge in [-0.1, -0.05) is 30.3 Å². The first kappa shape index (κ1) is 13.1. The highest BCUT2D eigenvalue weighted by Gasteiger charge is 2.45. The van der Waals surface area contributed by atoms with Crippen LogP contribution < -0.4 is 0 Å². The first-order valence-corrected chi connectivity index (χ1v) is 5.59. The molecule has 0 atom stereocenters. The molecule has 0 bridgehead atoms. The van der Waals surface area contributed by atoms with E-state index in [9.17, 15) is 13.6 Å². The fraction of sp³-hybridized carbons (Fsp3) is 0.250. The molecule has 7 heteroatoms. The van der Waals surface area contributed by atoms with E-state index in [1.807, 2.05) is 0 Å². The van der Waals surface area contributed by atoms with E-state index in [0.29, 0.717) is 5.56 Å². The molecule has 0 amide bonds. The molecule has 0 N–H and O–H groups in total. The molecule has 1 aromatic heterocycles. The molecule has 0 aliphatic rings. The summed E-state index contributed by atoms with van der Waals surface area (Å²) in [5.74, 6) is -1.68. The van der Waals surface area contributed by atoms with Crippen LogP contribution in [0.3, 0.4) is 0 Å². The summed E-state index contributed by atoms with van der Waals surface area (Å²) in [5, 5.41) is 7.03. The summed E-state index contributed by atoms with van der Waals surface area (Å²) in [6.07, 6.45) is 1.17. The van der Waals surface area contributed by atoms with Gasteiger partial charge in [0.1, 0.15) is 5.69 Å². The number of hydrogen-bond donors (Lipinski definition) is 0. The average molecular weight is 267 g/mol. The molecular formula is C12H11F2N3O2. The second-order valence-electron chi connectivity index (χ2n) is 3.65. The summed E-state index contributed by atoms with van der Waals surface area (Å²) in [4.78, 5) is 11.2. The minimum Gasteiger partial charge on any atom is -0.460 e. The monoisotopic (exact) mass is 267 g/mol. The fourth-order valence-corrected chi connectivity index (χ4v) is 1.44. The van der Waals surface area contributed by atoms with E-state index < -0.39 is 12.0 Å². The first-order valence-electron chi connectivity index (χ1n) is 5.59. The van der Waals surface area contributed by atoms with E-state index in [4.69, 9.17) is 0 Å². The van der Waals surface area contributed by atoms with E-state index >= 15 is 0 Å². The Kier molecular flexibility index (Phi) is 3.55. The predicted molar refractivity (Wildman–Crippen MR) is 62.3 cm³/mol. The van der Waals surface area contributed by atoms with E-state index in [1.54, 1.807) is 30.3 Å². The van der Waals surface area contributed by atoms with E-state index in [0.717, 1.165) is 0 Å². The molecule has 0 aliphatic heterocycles. The van der Waals surface area contributed by atoms with Gasteiger partial charge in [-0.15, -0.1) is 9.90 Å². The summed E-state index contributed by atoms with van der Waals surface area (Å²) in [5.41, 5.74) is 0.887. The van der Waals surface area contributed by atoms with Gasteiger partial charge in [0.25, 0.3) is 0 Å². The molecule has 0 radical (unpaired) electrons. The number of esters is 1. The van der Waals surface area contributed by atoms with Crippen LogP contribution >= 0.6 is 0 Å². The Bertz CT molecular complexity index is 569. The van der Waals surface area contributed by atoms with Gasteiger partial charge in [0.15, 0.2) is 0 Å². The maximum atomic E-state index is 13.6. The number of ether oxygens (including phenoxy) is 1. The van der Waals surface area contributed by atoms with Crippen LogP contribution in [0.25, 0.3) is 11.3 Å². The van der Waals surface area contributed by atoms with Crippen LogP contribution in [0.5, 0.6) is 0 Å². The average Bonchev–Trinajstić information content (AvgIpc) is 2.90. The summed E-state index contributed by atoms with van der Waals surface area (Å²) < 4.78 is 31.5. The smallest absolute Gasteiger partial charge is 0.457 e. The van der Waals surface area contributed by atoms with Crippen LogP contribution in [0, 0.1) is 0 Å². The number of halogens is 2. The predicted octanol–water partition coefficient (Wildman–Crippen LogP) is 2.06. The Hall–Kier alpha value is -2.31. The highest BCUT2D eigenvalue weighted by molar-refractivity contribution is 5.75. The zero-order valence-corrected chi connectivity index (χ0v) is 10.1. The quantitative estimate of drug-likeness (QED) is 0.796. The molecule has 2 rings (SSSR count). The minimum atomic E-state index is -3.91. The Balaban J connectivity index is 2.28. The summed E-state index contributed by atoms with van der Waals surface area (Å²) >= 11 is 0. The van der Waals surface area contributed by atoms with Crippen molar-refractivity contribution in [1.29, 1.82) is 0 Å². The van der Waals surface area contributed by atoms with Crippen molar-refractivity contribution in [1.82, 2.24) is 15.0 Å². The Morgan fingerprint density at radius 3 is 2.68 bits per heavy atom. The van der Waals surface area contributed by atoms with E-state index in [1.165, 1.54) is 13.1 Å². The topological polar surface area (TPSA) is 57.0 Å². The second kappa shape index (κ2) is 5.13. The zero-order chi connectivity index (χ0) is 13.9. The third kappa shape index (κ3) is 2.59. The van der Waals surface area contributed by atoms with Crippen molar-refractivity contribution >= 4 is 5.97 Å². The Morgan fingerprint density at radius 1 is 1.37 bits per heavy atom. The molecular weight excluding hydrogens is 256 g/mol. The van der Waals surface area contributed by atoms with Crippen LogP contribution in [0.4, 0.5) is 8.78 Å². The van der Waals surface area contributed by atoms with Crippen LogP contribution in [-0.4, -0.2) is 27.6 Å². The minimum absolute atomic E-state index is 0.0628. The number of alkyl halides is 2. The van der Waals surface area contributed by atoms with Crippen molar-refractivity contribution in [3.05, 3.63) is 36.5 Å². The van der Waals surface area contributed by atoms with Gasteiger partial charge in [0.05, 0.1) is 12.8 Å². The van der Waals surface area contributed by atoms with Crippen LogP contribution in [0.1, 0.15) is 6.92 Å².